The molecule has 0 radical (unpaired) electrons. The van der Waals surface area contributed by atoms with E-state index in [4.69, 9.17) is 9.84 Å². The number of carboxylic acid groups (broad SMARTS) is 1. The summed E-state index contributed by atoms with van der Waals surface area (Å²) in [6.07, 6.45) is 2.66. The van der Waals surface area contributed by atoms with Crippen molar-refractivity contribution >= 4 is 17.8 Å². The second-order valence-corrected chi connectivity index (χ2v) is 7.02. The Balaban J connectivity index is 2.61. The van der Waals surface area contributed by atoms with E-state index in [0.29, 0.717) is 6.42 Å². The van der Waals surface area contributed by atoms with Crippen molar-refractivity contribution in [3.8, 4) is 0 Å². The molecule has 24 heavy (non-hydrogen) atoms. The lowest BCUT2D eigenvalue weighted by molar-refractivity contribution is -0.155. The van der Waals surface area contributed by atoms with Crippen molar-refractivity contribution in [2.75, 3.05) is 0 Å². The van der Waals surface area contributed by atoms with Crippen LogP contribution in [0.25, 0.3) is 0 Å². The smallest absolute Gasteiger partial charge is 0.356 e. The van der Waals surface area contributed by atoms with E-state index in [2.05, 4.69) is 15.3 Å². The van der Waals surface area contributed by atoms with Gasteiger partial charge in [0, 0.05) is 12.0 Å². The fourth-order valence-corrected chi connectivity index (χ4v) is 1.80. The van der Waals surface area contributed by atoms with Gasteiger partial charge in [-0.3, -0.25) is 9.59 Å². The van der Waals surface area contributed by atoms with E-state index >= 15 is 0 Å². The van der Waals surface area contributed by atoms with Gasteiger partial charge in [-0.15, -0.1) is 0 Å². The van der Waals surface area contributed by atoms with Crippen LogP contribution in [-0.2, 0) is 9.53 Å². The third-order valence-electron chi connectivity index (χ3n) is 2.93. The molecule has 1 heterocycles. The van der Waals surface area contributed by atoms with Gasteiger partial charge in [0.05, 0.1) is 12.4 Å². The lowest BCUT2D eigenvalue weighted by atomic mass is 9.98. The molecule has 1 rings (SSSR count). The van der Waals surface area contributed by atoms with E-state index in [1.54, 1.807) is 34.6 Å². The molecule has 0 unspecified atom stereocenters. The highest BCUT2D eigenvalue weighted by molar-refractivity contribution is 5.93. The summed E-state index contributed by atoms with van der Waals surface area (Å²) in [6, 6.07) is 0. The molecule has 0 saturated carbocycles. The molecular weight excluding hydrogens is 314 g/mol. The van der Waals surface area contributed by atoms with Gasteiger partial charge in [0.2, 0.25) is 0 Å². The number of esters is 1. The van der Waals surface area contributed by atoms with E-state index in [1.807, 2.05) is 0 Å². The minimum absolute atomic E-state index is 0.00495. The average Bonchev–Trinajstić information content (AvgIpc) is 2.43. The monoisotopic (exact) mass is 337 g/mol. The molecular formula is C16H23N3O5. The summed E-state index contributed by atoms with van der Waals surface area (Å²) in [6.45, 7) is 8.91. The average molecular weight is 337 g/mol. The summed E-state index contributed by atoms with van der Waals surface area (Å²) in [5.74, 6) is -2.05. The molecule has 0 atom stereocenters. The second-order valence-electron chi connectivity index (χ2n) is 7.02. The largest absolute Gasteiger partial charge is 0.476 e. The molecule has 0 aliphatic heterocycles. The van der Waals surface area contributed by atoms with Gasteiger partial charge in [0.1, 0.15) is 11.3 Å². The number of nitrogens with zero attached hydrogens (tertiary/aromatic N) is 2. The molecule has 0 aliphatic carbocycles. The highest BCUT2D eigenvalue weighted by atomic mass is 16.6. The Morgan fingerprint density at radius 3 is 2.08 bits per heavy atom. The Morgan fingerprint density at radius 1 is 1.08 bits per heavy atom. The van der Waals surface area contributed by atoms with E-state index in [0.717, 1.165) is 12.4 Å². The van der Waals surface area contributed by atoms with Gasteiger partial charge in [0.15, 0.2) is 5.69 Å². The van der Waals surface area contributed by atoms with Crippen molar-refractivity contribution in [2.45, 2.75) is 58.6 Å². The van der Waals surface area contributed by atoms with E-state index in [9.17, 15) is 14.4 Å². The normalized spacial score (nSPS) is 11.7. The fraction of sp³-hybridized carbons (Fsp3) is 0.562. The highest BCUT2D eigenvalue weighted by Gasteiger charge is 2.25. The van der Waals surface area contributed by atoms with Crippen LogP contribution >= 0.6 is 0 Å². The summed E-state index contributed by atoms with van der Waals surface area (Å²) in [4.78, 5) is 42.0. The van der Waals surface area contributed by atoms with Crippen molar-refractivity contribution < 1.29 is 24.2 Å². The lowest BCUT2D eigenvalue weighted by Crippen LogP contribution is -2.44. The number of nitrogens with one attached hydrogen (secondary N) is 1. The van der Waals surface area contributed by atoms with Crippen LogP contribution in [0.3, 0.4) is 0 Å². The van der Waals surface area contributed by atoms with Crippen LogP contribution in [0.15, 0.2) is 12.4 Å². The Morgan fingerprint density at radius 2 is 1.62 bits per heavy atom. The van der Waals surface area contributed by atoms with Crippen LogP contribution in [0.1, 0.15) is 68.4 Å². The van der Waals surface area contributed by atoms with Gasteiger partial charge in [-0.25, -0.2) is 14.8 Å². The highest BCUT2D eigenvalue weighted by Crippen LogP contribution is 2.15. The minimum atomic E-state index is -1.22. The van der Waals surface area contributed by atoms with E-state index < -0.39 is 23.0 Å². The summed E-state index contributed by atoms with van der Waals surface area (Å²) in [5.41, 5.74) is -1.45. The first-order valence-corrected chi connectivity index (χ1v) is 7.49. The van der Waals surface area contributed by atoms with Crippen molar-refractivity contribution in [1.82, 2.24) is 15.3 Å². The van der Waals surface area contributed by atoms with Gasteiger partial charge in [-0.05, 0) is 41.0 Å². The number of carbonyl (C=O) groups is 3. The molecule has 132 valence electrons. The van der Waals surface area contributed by atoms with Gasteiger partial charge in [-0.1, -0.05) is 0 Å². The fourth-order valence-electron chi connectivity index (χ4n) is 1.80. The molecule has 0 saturated heterocycles. The van der Waals surface area contributed by atoms with Crippen molar-refractivity contribution in [1.29, 1.82) is 0 Å². The predicted octanol–water partition coefficient (Wildman–Crippen LogP) is 1.81. The van der Waals surface area contributed by atoms with Crippen LogP contribution in [0.4, 0.5) is 0 Å². The van der Waals surface area contributed by atoms with Crippen LogP contribution in [0.5, 0.6) is 0 Å². The zero-order valence-corrected chi connectivity index (χ0v) is 14.5. The summed E-state index contributed by atoms with van der Waals surface area (Å²) >= 11 is 0. The lowest BCUT2D eigenvalue weighted by Gasteiger charge is -2.27. The Hall–Kier alpha value is -2.51. The molecule has 0 bridgehead atoms. The number of amides is 1. The van der Waals surface area contributed by atoms with E-state index in [1.165, 1.54) is 0 Å². The first kappa shape index (κ1) is 19.5. The van der Waals surface area contributed by atoms with E-state index in [-0.39, 0.29) is 23.8 Å². The minimum Gasteiger partial charge on any atom is -0.476 e. The molecule has 1 aromatic heterocycles. The first-order valence-electron chi connectivity index (χ1n) is 7.49. The Kier molecular flexibility index (Phi) is 6.00. The third-order valence-corrected chi connectivity index (χ3v) is 2.93. The maximum absolute atomic E-state index is 12.1. The summed E-state index contributed by atoms with van der Waals surface area (Å²) < 4.78 is 5.23. The van der Waals surface area contributed by atoms with Gasteiger partial charge in [0.25, 0.3) is 5.91 Å². The summed E-state index contributed by atoms with van der Waals surface area (Å²) in [5, 5.41) is 11.5. The topological polar surface area (TPSA) is 118 Å². The number of carboxylic acids is 1. The Labute approximate surface area is 140 Å². The number of rotatable bonds is 6. The number of hydrogen-bond donors (Lipinski definition) is 2. The molecule has 0 fully saturated rings. The van der Waals surface area contributed by atoms with Crippen LogP contribution in [-0.4, -0.2) is 44.1 Å². The quantitative estimate of drug-likeness (QED) is 0.760. The molecule has 2 N–H and O–H groups in total. The standard InChI is InChI=1S/C16H23N3O5/c1-15(2,3)24-12(20)6-7-16(4,5)19-13(21)10-8-18-11(9-17-10)14(22)23/h8-9H,6-7H2,1-5H3,(H,19,21)(H,22,23). The molecule has 0 aromatic carbocycles. The van der Waals surface area contributed by atoms with Gasteiger partial charge < -0.3 is 15.2 Å². The van der Waals surface area contributed by atoms with Crippen LogP contribution < -0.4 is 5.32 Å². The summed E-state index contributed by atoms with van der Waals surface area (Å²) in [7, 11) is 0. The van der Waals surface area contributed by atoms with Crippen LogP contribution in [0, 0.1) is 0 Å². The van der Waals surface area contributed by atoms with Crippen molar-refractivity contribution in [3.63, 3.8) is 0 Å². The molecule has 1 aromatic rings. The molecule has 1 amide bonds. The molecule has 8 heteroatoms. The number of carbonyl (C=O) groups excluding carboxylic acids is 2. The second kappa shape index (κ2) is 7.37. The van der Waals surface area contributed by atoms with Gasteiger partial charge in [-0.2, -0.15) is 0 Å². The SMILES string of the molecule is CC(C)(CCC(=O)OC(C)(C)C)NC(=O)c1cnc(C(=O)O)cn1. The maximum Gasteiger partial charge on any atom is 0.356 e. The number of ether oxygens (including phenoxy) is 1. The number of aromatic carboxylic acids is 1. The van der Waals surface area contributed by atoms with Crippen LogP contribution in [0.2, 0.25) is 0 Å². The van der Waals surface area contributed by atoms with Gasteiger partial charge >= 0.3 is 11.9 Å². The number of aromatic nitrogens is 2. The van der Waals surface area contributed by atoms with Crippen molar-refractivity contribution in [3.05, 3.63) is 23.8 Å². The molecule has 0 aliphatic rings. The molecule has 8 nitrogen and oxygen atoms in total. The Bertz CT molecular complexity index is 618. The number of hydrogen-bond acceptors (Lipinski definition) is 6. The zero-order chi connectivity index (χ0) is 18.5. The zero-order valence-electron chi connectivity index (χ0n) is 14.5. The van der Waals surface area contributed by atoms with Crippen molar-refractivity contribution in [2.24, 2.45) is 0 Å². The maximum atomic E-state index is 12.1. The predicted molar refractivity (Wildman–Crippen MR) is 85.6 cm³/mol. The first-order chi connectivity index (χ1) is 10.9. The molecule has 0 spiro atoms. The third kappa shape index (κ3) is 6.72.